The Balaban J connectivity index is 2.36. The van der Waals surface area contributed by atoms with E-state index in [0.717, 1.165) is 0 Å². The largest absolute Gasteiger partial charge is 0.481 e. The van der Waals surface area contributed by atoms with Gasteiger partial charge in [0, 0.05) is 5.41 Å². The van der Waals surface area contributed by atoms with Crippen LogP contribution in [0.25, 0.3) is 0 Å². The lowest BCUT2D eigenvalue weighted by atomic mass is 9.64. The Morgan fingerprint density at radius 2 is 2.24 bits per heavy atom. The topological polar surface area (TPSA) is 63.6 Å². The van der Waals surface area contributed by atoms with Gasteiger partial charge in [0.05, 0.1) is 11.8 Å². The van der Waals surface area contributed by atoms with Crippen LogP contribution in [0.5, 0.6) is 0 Å². The zero-order valence-electron chi connectivity index (χ0n) is 10.3. The van der Waals surface area contributed by atoms with E-state index < -0.39 is 17.8 Å². The van der Waals surface area contributed by atoms with E-state index in [1.165, 1.54) is 0 Å². The maximum Gasteiger partial charge on any atom is 0.311 e. The number of esters is 1. The number of carboxylic acids is 1. The van der Waals surface area contributed by atoms with E-state index >= 15 is 0 Å². The second kappa shape index (κ2) is 3.86. The summed E-state index contributed by atoms with van der Waals surface area (Å²) in [5.74, 6) is -2.34. The van der Waals surface area contributed by atoms with Crippen LogP contribution in [-0.4, -0.2) is 23.1 Å². The van der Waals surface area contributed by atoms with Gasteiger partial charge in [-0.2, -0.15) is 0 Å². The average Bonchev–Trinajstić information content (AvgIpc) is 2.22. The van der Waals surface area contributed by atoms with Crippen LogP contribution in [0.2, 0.25) is 0 Å². The van der Waals surface area contributed by atoms with Crippen LogP contribution in [0.15, 0.2) is 12.2 Å². The molecule has 1 aliphatic carbocycles. The number of carboxylic acid groups (broad SMARTS) is 1. The Morgan fingerprint density at radius 1 is 1.59 bits per heavy atom. The Kier molecular flexibility index (Phi) is 2.76. The summed E-state index contributed by atoms with van der Waals surface area (Å²) in [5.41, 5.74) is -0.224. The molecule has 0 amide bonds. The minimum Gasteiger partial charge on any atom is -0.481 e. The van der Waals surface area contributed by atoms with Crippen molar-refractivity contribution in [1.82, 2.24) is 0 Å². The number of fused-ring (bicyclic) bond motifs is 2. The van der Waals surface area contributed by atoms with Gasteiger partial charge in [0.25, 0.3) is 0 Å². The van der Waals surface area contributed by atoms with Crippen LogP contribution < -0.4 is 0 Å². The minimum atomic E-state index is -0.951. The van der Waals surface area contributed by atoms with E-state index in [1.54, 1.807) is 6.08 Å². The Labute approximate surface area is 101 Å². The second-order valence-corrected chi connectivity index (χ2v) is 5.64. The van der Waals surface area contributed by atoms with E-state index in [-0.39, 0.29) is 23.4 Å². The van der Waals surface area contributed by atoms with Crippen molar-refractivity contribution in [3.05, 3.63) is 12.2 Å². The van der Waals surface area contributed by atoms with Gasteiger partial charge in [0.1, 0.15) is 6.10 Å². The third kappa shape index (κ3) is 1.85. The summed E-state index contributed by atoms with van der Waals surface area (Å²) in [6.07, 6.45) is 3.99. The SMILES string of the molecule is CC(C)C1OC(=O)[C@H]2C[C@]1(C)C=C[C@H]2C(=O)O. The van der Waals surface area contributed by atoms with E-state index in [1.807, 2.05) is 26.8 Å². The molecule has 4 heteroatoms. The molecule has 0 spiro atoms. The van der Waals surface area contributed by atoms with E-state index in [0.29, 0.717) is 6.42 Å². The molecule has 94 valence electrons. The number of rotatable bonds is 2. The highest BCUT2D eigenvalue weighted by Crippen LogP contribution is 2.47. The lowest BCUT2D eigenvalue weighted by Gasteiger charge is -2.47. The molecule has 1 heterocycles. The summed E-state index contributed by atoms with van der Waals surface area (Å²) >= 11 is 0. The van der Waals surface area contributed by atoms with Crippen molar-refractivity contribution in [2.24, 2.45) is 23.2 Å². The summed E-state index contributed by atoms with van der Waals surface area (Å²) in [4.78, 5) is 22.9. The minimum absolute atomic E-state index is 0.155. The number of hydrogen-bond acceptors (Lipinski definition) is 3. The highest BCUT2D eigenvalue weighted by molar-refractivity contribution is 5.84. The van der Waals surface area contributed by atoms with Gasteiger partial charge in [-0.05, 0) is 12.3 Å². The molecule has 1 N–H and O–H groups in total. The summed E-state index contributed by atoms with van der Waals surface area (Å²) in [7, 11) is 0. The van der Waals surface area contributed by atoms with Gasteiger partial charge < -0.3 is 9.84 Å². The number of cyclic esters (lactones) is 1. The van der Waals surface area contributed by atoms with Crippen molar-refractivity contribution in [3.63, 3.8) is 0 Å². The number of carbonyl (C=O) groups excluding carboxylic acids is 1. The average molecular weight is 238 g/mol. The third-order valence-corrected chi connectivity index (χ3v) is 3.86. The lowest BCUT2D eigenvalue weighted by Crippen LogP contribution is -2.51. The zero-order chi connectivity index (χ0) is 12.8. The van der Waals surface area contributed by atoms with Crippen molar-refractivity contribution in [1.29, 1.82) is 0 Å². The van der Waals surface area contributed by atoms with Crippen molar-refractivity contribution >= 4 is 11.9 Å². The molecule has 0 radical (unpaired) electrons. The molecule has 4 atom stereocenters. The molecule has 0 aromatic heterocycles. The summed E-state index contributed by atoms with van der Waals surface area (Å²) in [6, 6.07) is 0. The normalized spacial score (nSPS) is 40.2. The van der Waals surface area contributed by atoms with E-state index in [4.69, 9.17) is 9.84 Å². The highest BCUT2D eigenvalue weighted by atomic mass is 16.5. The molecule has 0 aromatic carbocycles. The maximum atomic E-state index is 11.9. The summed E-state index contributed by atoms with van der Waals surface area (Å²) < 4.78 is 5.44. The van der Waals surface area contributed by atoms with Gasteiger partial charge in [-0.15, -0.1) is 0 Å². The van der Waals surface area contributed by atoms with Crippen LogP contribution in [0, 0.1) is 23.2 Å². The summed E-state index contributed by atoms with van der Waals surface area (Å²) in [5, 5.41) is 9.07. The standard InChI is InChI=1S/C13H18O4/c1-7(2)10-13(3)5-4-8(11(14)15)9(6-13)12(16)17-10/h4-5,7-10H,6H2,1-3H3,(H,14,15)/t8-,9+,10?,13+/m1/s1. The van der Waals surface area contributed by atoms with E-state index in [2.05, 4.69) is 0 Å². The summed E-state index contributed by atoms with van der Waals surface area (Å²) in [6.45, 7) is 6.06. The molecule has 0 saturated carbocycles. The first-order chi connectivity index (χ1) is 7.85. The molecule has 17 heavy (non-hydrogen) atoms. The highest BCUT2D eigenvalue weighted by Gasteiger charge is 2.51. The number of ether oxygens (including phenoxy) is 1. The van der Waals surface area contributed by atoms with Crippen molar-refractivity contribution in [3.8, 4) is 0 Å². The number of hydrogen-bond donors (Lipinski definition) is 1. The molecular weight excluding hydrogens is 220 g/mol. The van der Waals surface area contributed by atoms with Crippen LogP contribution >= 0.6 is 0 Å². The molecule has 1 saturated heterocycles. The monoisotopic (exact) mass is 238 g/mol. The van der Waals surface area contributed by atoms with Crippen LogP contribution in [0.3, 0.4) is 0 Å². The maximum absolute atomic E-state index is 11.9. The second-order valence-electron chi connectivity index (χ2n) is 5.64. The smallest absolute Gasteiger partial charge is 0.311 e. The van der Waals surface area contributed by atoms with Crippen LogP contribution in [0.1, 0.15) is 27.2 Å². The molecule has 0 aromatic rings. The molecule has 4 nitrogen and oxygen atoms in total. The van der Waals surface area contributed by atoms with Gasteiger partial charge in [-0.3, -0.25) is 9.59 Å². The first kappa shape index (κ1) is 12.1. The van der Waals surface area contributed by atoms with Gasteiger partial charge >= 0.3 is 11.9 Å². The number of carbonyl (C=O) groups is 2. The first-order valence-electron chi connectivity index (χ1n) is 5.98. The molecular formula is C13H18O4. The van der Waals surface area contributed by atoms with Crippen molar-refractivity contribution in [2.75, 3.05) is 0 Å². The van der Waals surface area contributed by atoms with Gasteiger partial charge in [-0.25, -0.2) is 0 Å². The Morgan fingerprint density at radius 3 is 2.76 bits per heavy atom. The van der Waals surface area contributed by atoms with E-state index in [9.17, 15) is 9.59 Å². The zero-order valence-corrected chi connectivity index (χ0v) is 10.3. The quantitative estimate of drug-likeness (QED) is 0.589. The Bertz CT molecular complexity index is 385. The molecule has 1 fully saturated rings. The van der Waals surface area contributed by atoms with Crippen molar-refractivity contribution in [2.45, 2.75) is 33.3 Å². The molecule has 2 bridgehead atoms. The third-order valence-electron chi connectivity index (χ3n) is 3.86. The van der Waals surface area contributed by atoms with Crippen molar-refractivity contribution < 1.29 is 19.4 Å². The first-order valence-corrected chi connectivity index (χ1v) is 5.98. The fraction of sp³-hybridized carbons (Fsp3) is 0.692. The molecule has 2 aliphatic rings. The predicted octanol–water partition coefficient (Wildman–Crippen LogP) is 1.85. The number of aliphatic carboxylic acids is 1. The predicted molar refractivity (Wildman–Crippen MR) is 61.2 cm³/mol. The van der Waals surface area contributed by atoms with Crippen LogP contribution in [-0.2, 0) is 14.3 Å². The lowest BCUT2D eigenvalue weighted by molar-refractivity contribution is -0.182. The fourth-order valence-corrected chi connectivity index (χ4v) is 3.07. The van der Waals surface area contributed by atoms with Gasteiger partial charge in [-0.1, -0.05) is 32.9 Å². The fourth-order valence-electron chi connectivity index (χ4n) is 3.07. The van der Waals surface area contributed by atoms with Gasteiger partial charge in [0.15, 0.2) is 0 Å². The molecule has 1 unspecified atom stereocenters. The molecule has 2 rings (SSSR count). The van der Waals surface area contributed by atoms with Crippen LogP contribution in [0.4, 0.5) is 0 Å². The van der Waals surface area contributed by atoms with Gasteiger partial charge in [0.2, 0.25) is 0 Å². The Hall–Kier alpha value is -1.32. The molecule has 1 aliphatic heterocycles.